The van der Waals surface area contributed by atoms with E-state index in [9.17, 15) is 22.0 Å². The summed E-state index contributed by atoms with van der Waals surface area (Å²) in [5, 5.41) is 2.12. The van der Waals surface area contributed by atoms with Crippen molar-refractivity contribution in [3.05, 3.63) is 41.1 Å². The average Bonchev–Trinajstić information content (AvgIpc) is 2.73. The van der Waals surface area contributed by atoms with E-state index in [4.69, 9.17) is 10.7 Å². The van der Waals surface area contributed by atoms with Crippen LogP contribution in [0.3, 0.4) is 0 Å². The number of carbonyl (C=O) groups is 1. The number of hydrogen-bond acceptors (Lipinski definition) is 5. The van der Waals surface area contributed by atoms with Crippen LogP contribution < -0.4 is 5.32 Å². The van der Waals surface area contributed by atoms with E-state index >= 15 is 0 Å². The first-order chi connectivity index (χ1) is 9.70. The minimum atomic E-state index is -3.99. The normalized spacial score (nSPS) is 11.4. The molecule has 0 aliphatic heterocycles. The number of aromatic nitrogens is 1. The second kappa shape index (κ2) is 5.66. The summed E-state index contributed by atoms with van der Waals surface area (Å²) in [5.41, 5.74) is -0.414. The SMILES string of the molecule is Cc1nc(NC(=O)c2cccc(F)c2F)sc1S(=O)(=O)Cl. The molecule has 1 heterocycles. The number of nitrogens with zero attached hydrogens (tertiary/aromatic N) is 1. The van der Waals surface area contributed by atoms with Crippen molar-refractivity contribution in [1.29, 1.82) is 0 Å². The van der Waals surface area contributed by atoms with Crippen LogP contribution >= 0.6 is 22.0 Å². The number of aryl methyl sites for hydroxylation is 1. The Hall–Kier alpha value is -1.58. The Labute approximate surface area is 127 Å². The van der Waals surface area contributed by atoms with Gasteiger partial charge in [0.2, 0.25) is 0 Å². The largest absolute Gasteiger partial charge is 0.298 e. The van der Waals surface area contributed by atoms with Gasteiger partial charge in [0.1, 0.15) is 0 Å². The molecule has 0 fully saturated rings. The van der Waals surface area contributed by atoms with Gasteiger partial charge in [0.05, 0.1) is 11.3 Å². The molecule has 0 aliphatic rings. The molecule has 0 bridgehead atoms. The van der Waals surface area contributed by atoms with E-state index in [1.807, 2.05) is 0 Å². The van der Waals surface area contributed by atoms with Crippen molar-refractivity contribution in [2.75, 3.05) is 5.32 Å². The van der Waals surface area contributed by atoms with Crippen LogP contribution in [-0.2, 0) is 9.05 Å². The third-order valence-corrected chi connectivity index (χ3v) is 5.64. The molecule has 0 unspecified atom stereocenters. The fourth-order valence-electron chi connectivity index (χ4n) is 1.51. The number of benzene rings is 1. The second-order valence-corrected chi connectivity index (χ2v) is 7.65. The number of hydrogen-bond donors (Lipinski definition) is 1. The van der Waals surface area contributed by atoms with Gasteiger partial charge in [-0.05, 0) is 19.1 Å². The van der Waals surface area contributed by atoms with Crippen molar-refractivity contribution in [3.63, 3.8) is 0 Å². The van der Waals surface area contributed by atoms with E-state index in [2.05, 4.69) is 10.3 Å². The van der Waals surface area contributed by atoms with Crippen molar-refractivity contribution in [1.82, 2.24) is 4.98 Å². The molecule has 0 aliphatic carbocycles. The molecule has 2 aromatic rings. The van der Waals surface area contributed by atoms with Gasteiger partial charge in [-0.3, -0.25) is 10.1 Å². The van der Waals surface area contributed by atoms with Gasteiger partial charge in [-0.2, -0.15) is 0 Å². The van der Waals surface area contributed by atoms with Gasteiger partial charge in [0.25, 0.3) is 15.0 Å². The monoisotopic (exact) mass is 352 g/mol. The fourth-order valence-corrected chi connectivity index (χ4v) is 3.85. The highest BCUT2D eigenvalue weighted by atomic mass is 35.7. The number of rotatable bonds is 3. The van der Waals surface area contributed by atoms with Crippen LogP contribution in [0, 0.1) is 18.6 Å². The summed E-state index contributed by atoms with van der Waals surface area (Å²) < 4.78 is 48.7. The highest BCUT2D eigenvalue weighted by Crippen LogP contribution is 2.30. The van der Waals surface area contributed by atoms with Crippen molar-refractivity contribution in [2.45, 2.75) is 11.1 Å². The van der Waals surface area contributed by atoms with Crippen LogP contribution in [-0.4, -0.2) is 19.3 Å². The van der Waals surface area contributed by atoms with Crippen LogP contribution in [0.2, 0.25) is 0 Å². The van der Waals surface area contributed by atoms with Crippen molar-refractivity contribution in [3.8, 4) is 0 Å². The molecule has 112 valence electrons. The lowest BCUT2D eigenvalue weighted by Crippen LogP contribution is -2.14. The minimum absolute atomic E-state index is 0.0830. The van der Waals surface area contributed by atoms with E-state index in [0.717, 1.165) is 12.1 Å². The molecular weight excluding hydrogens is 346 g/mol. The maximum Gasteiger partial charge on any atom is 0.272 e. The second-order valence-electron chi connectivity index (χ2n) is 3.89. The lowest BCUT2D eigenvalue weighted by Gasteiger charge is -2.03. The third-order valence-electron chi connectivity index (χ3n) is 2.39. The highest BCUT2D eigenvalue weighted by Gasteiger charge is 2.21. The molecule has 0 saturated heterocycles. The quantitative estimate of drug-likeness (QED) is 0.862. The molecule has 21 heavy (non-hydrogen) atoms. The Morgan fingerprint density at radius 1 is 1.38 bits per heavy atom. The van der Waals surface area contributed by atoms with Crippen LogP contribution in [0.25, 0.3) is 0 Å². The molecule has 0 saturated carbocycles. The standard InChI is InChI=1S/C11H7ClF2N2O3S2/c1-5-10(21(12,18)19)20-11(15-5)16-9(17)6-3-2-4-7(13)8(6)14/h2-4H,1H3,(H,15,16,17). The Morgan fingerprint density at radius 2 is 2.05 bits per heavy atom. The van der Waals surface area contributed by atoms with Crippen LogP contribution in [0.1, 0.15) is 16.1 Å². The molecule has 0 spiro atoms. The van der Waals surface area contributed by atoms with Crippen LogP contribution in [0.15, 0.2) is 22.4 Å². The van der Waals surface area contributed by atoms with Crippen molar-refractivity contribution < 1.29 is 22.0 Å². The first-order valence-electron chi connectivity index (χ1n) is 5.37. The number of anilines is 1. The molecule has 0 radical (unpaired) electrons. The van der Waals surface area contributed by atoms with E-state index in [1.54, 1.807) is 0 Å². The van der Waals surface area contributed by atoms with Gasteiger partial charge >= 0.3 is 0 Å². The highest BCUT2D eigenvalue weighted by molar-refractivity contribution is 8.15. The molecule has 5 nitrogen and oxygen atoms in total. The zero-order valence-electron chi connectivity index (χ0n) is 10.4. The molecule has 1 aromatic carbocycles. The van der Waals surface area contributed by atoms with Gasteiger partial charge in [0.15, 0.2) is 21.0 Å². The van der Waals surface area contributed by atoms with E-state index in [1.165, 1.54) is 13.0 Å². The summed E-state index contributed by atoms with van der Waals surface area (Å²) in [6, 6.07) is 3.14. The molecule has 2 rings (SSSR count). The van der Waals surface area contributed by atoms with Gasteiger partial charge in [-0.1, -0.05) is 17.4 Å². The third kappa shape index (κ3) is 3.36. The predicted molar refractivity (Wildman–Crippen MR) is 74.2 cm³/mol. The van der Waals surface area contributed by atoms with Gasteiger partial charge < -0.3 is 0 Å². The minimum Gasteiger partial charge on any atom is -0.298 e. The zero-order valence-corrected chi connectivity index (χ0v) is 12.7. The van der Waals surface area contributed by atoms with E-state index in [-0.39, 0.29) is 15.0 Å². The number of nitrogens with one attached hydrogen (secondary N) is 1. The van der Waals surface area contributed by atoms with Crippen molar-refractivity contribution >= 4 is 42.1 Å². The molecular formula is C11H7ClF2N2O3S2. The maximum absolute atomic E-state index is 13.5. The Morgan fingerprint density at radius 3 is 2.62 bits per heavy atom. The summed E-state index contributed by atoms with van der Waals surface area (Å²) >= 11 is 0.620. The summed E-state index contributed by atoms with van der Waals surface area (Å²) in [6.45, 7) is 1.39. The topological polar surface area (TPSA) is 76.1 Å². The van der Waals surface area contributed by atoms with Gasteiger partial charge in [0, 0.05) is 10.7 Å². The Balaban J connectivity index is 2.31. The Bertz CT molecular complexity index is 821. The smallest absolute Gasteiger partial charge is 0.272 e. The van der Waals surface area contributed by atoms with E-state index < -0.39 is 32.2 Å². The van der Waals surface area contributed by atoms with Gasteiger partial charge in [-0.15, -0.1) is 0 Å². The number of carbonyl (C=O) groups excluding carboxylic acids is 1. The Kier molecular flexibility index (Phi) is 4.26. The molecule has 1 aromatic heterocycles. The van der Waals surface area contributed by atoms with Gasteiger partial charge in [-0.25, -0.2) is 22.2 Å². The average molecular weight is 353 g/mol. The van der Waals surface area contributed by atoms with Crippen LogP contribution in [0.5, 0.6) is 0 Å². The van der Waals surface area contributed by atoms with E-state index in [0.29, 0.717) is 11.3 Å². The summed E-state index contributed by atoms with van der Waals surface area (Å²) in [7, 11) is 1.21. The first kappa shape index (κ1) is 15.8. The molecule has 1 N–H and O–H groups in total. The summed E-state index contributed by atoms with van der Waals surface area (Å²) in [6.07, 6.45) is 0. The van der Waals surface area contributed by atoms with Crippen molar-refractivity contribution in [2.24, 2.45) is 0 Å². The zero-order chi connectivity index (χ0) is 15.8. The molecule has 1 amide bonds. The number of amides is 1. The van der Waals surface area contributed by atoms with Crippen LogP contribution in [0.4, 0.5) is 13.9 Å². The lowest BCUT2D eigenvalue weighted by molar-refractivity contribution is 0.102. The fraction of sp³-hybridized carbons (Fsp3) is 0.0909. The number of halogens is 3. The number of thiazole rings is 1. The predicted octanol–water partition coefficient (Wildman–Crippen LogP) is 2.91. The summed E-state index contributed by atoms with van der Waals surface area (Å²) in [5.74, 6) is -3.41. The lowest BCUT2D eigenvalue weighted by atomic mass is 10.2. The summed E-state index contributed by atoms with van der Waals surface area (Å²) in [4.78, 5) is 15.6. The molecule has 10 heteroatoms. The molecule has 0 atom stereocenters. The maximum atomic E-state index is 13.5. The first-order valence-corrected chi connectivity index (χ1v) is 8.50.